The van der Waals surface area contributed by atoms with Crippen LogP contribution >= 0.6 is 0 Å². The van der Waals surface area contributed by atoms with Crippen LogP contribution in [0.1, 0.15) is 55.2 Å². The van der Waals surface area contributed by atoms with Crippen LogP contribution in [0, 0.1) is 6.92 Å². The number of para-hydroxylation sites is 2. The molecule has 9 heteroatoms. The summed E-state index contributed by atoms with van der Waals surface area (Å²) < 4.78 is 32.2. The number of sulfonamides is 1. The second-order valence-corrected chi connectivity index (χ2v) is 13.2. The molecule has 2 amide bonds. The molecule has 1 N–H and O–H groups in total. The number of ether oxygens (including phenoxy) is 1. The standard InChI is InChI=1S/C34H43N3O5S/c1-26-13-11-16-28(23-26)25-36(31(24-27-14-5-4-6-15-27)34(39)35-29-17-7-8-18-29)33(38)21-12-22-37(43(3,40)41)30-19-9-10-20-32(30)42-2/h4-6,9-11,13-16,19-20,23,29,31H,7-8,12,17-18,21-22,24-25H2,1-3H3,(H,35,39)/t31-/m0/s1. The minimum atomic E-state index is -3.64. The molecule has 1 aliphatic rings. The highest BCUT2D eigenvalue weighted by molar-refractivity contribution is 7.92. The van der Waals surface area contributed by atoms with Crippen molar-refractivity contribution in [3.63, 3.8) is 0 Å². The molecule has 1 saturated carbocycles. The highest BCUT2D eigenvalue weighted by Crippen LogP contribution is 2.30. The fourth-order valence-corrected chi connectivity index (χ4v) is 6.72. The van der Waals surface area contributed by atoms with Crippen LogP contribution in [0.5, 0.6) is 5.75 Å². The molecule has 0 unspecified atom stereocenters. The first kappa shape index (κ1) is 32.1. The third-order valence-corrected chi connectivity index (χ3v) is 9.09. The van der Waals surface area contributed by atoms with Gasteiger partial charge in [0, 0.05) is 32.0 Å². The van der Waals surface area contributed by atoms with Crippen LogP contribution < -0.4 is 14.4 Å². The van der Waals surface area contributed by atoms with E-state index in [2.05, 4.69) is 5.32 Å². The summed E-state index contributed by atoms with van der Waals surface area (Å²) in [4.78, 5) is 29.6. The van der Waals surface area contributed by atoms with Gasteiger partial charge in [0.25, 0.3) is 0 Å². The highest BCUT2D eigenvalue weighted by atomic mass is 32.2. The molecule has 0 aromatic heterocycles. The Morgan fingerprint density at radius 1 is 0.953 bits per heavy atom. The Morgan fingerprint density at radius 2 is 1.63 bits per heavy atom. The molecule has 4 rings (SSSR count). The fourth-order valence-electron chi connectivity index (χ4n) is 5.75. The molecular formula is C34H43N3O5S. The van der Waals surface area contributed by atoms with E-state index in [1.54, 1.807) is 29.2 Å². The Hall–Kier alpha value is -3.85. The molecule has 1 fully saturated rings. The summed E-state index contributed by atoms with van der Waals surface area (Å²) in [7, 11) is -2.15. The summed E-state index contributed by atoms with van der Waals surface area (Å²) in [6.07, 6.45) is 5.94. The van der Waals surface area contributed by atoms with Crippen molar-refractivity contribution in [1.29, 1.82) is 0 Å². The zero-order valence-corrected chi connectivity index (χ0v) is 26.2. The third kappa shape index (κ3) is 9.07. The number of amides is 2. The normalized spacial score (nSPS) is 14.2. The lowest BCUT2D eigenvalue weighted by Gasteiger charge is -2.33. The number of carbonyl (C=O) groups is 2. The summed E-state index contributed by atoms with van der Waals surface area (Å²) in [5.41, 5.74) is 3.40. The van der Waals surface area contributed by atoms with Gasteiger partial charge in [-0.25, -0.2) is 8.42 Å². The zero-order chi connectivity index (χ0) is 30.8. The van der Waals surface area contributed by atoms with Crippen LogP contribution in [0.4, 0.5) is 5.69 Å². The Labute approximate surface area is 256 Å². The van der Waals surface area contributed by atoms with Crippen molar-refractivity contribution in [3.05, 3.63) is 95.6 Å². The molecule has 0 heterocycles. The van der Waals surface area contributed by atoms with Gasteiger partial charge in [0.05, 0.1) is 19.1 Å². The average Bonchev–Trinajstić information content (AvgIpc) is 3.50. The summed E-state index contributed by atoms with van der Waals surface area (Å²) in [6.45, 7) is 2.38. The van der Waals surface area contributed by atoms with Crippen LogP contribution in [0.25, 0.3) is 0 Å². The van der Waals surface area contributed by atoms with Gasteiger partial charge in [0.1, 0.15) is 11.8 Å². The zero-order valence-electron chi connectivity index (χ0n) is 25.4. The Kier molecular flexibility index (Phi) is 11.2. The number of nitrogens with one attached hydrogen (secondary N) is 1. The van der Waals surface area contributed by atoms with Crippen LogP contribution in [-0.4, -0.2) is 57.1 Å². The van der Waals surface area contributed by atoms with Crippen LogP contribution in [0.15, 0.2) is 78.9 Å². The van der Waals surface area contributed by atoms with Crippen molar-refractivity contribution < 1.29 is 22.7 Å². The lowest BCUT2D eigenvalue weighted by molar-refractivity contribution is -0.141. The molecular weight excluding hydrogens is 562 g/mol. The van der Waals surface area contributed by atoms with E-state index in [0.29, 0.717) is 17.9 Å². The third-order valence-electron chi connectivity index (χ3n) is 7.91. The van der Waals surface area contributed by atoms with Gasteiger partial charge in [0.15, 0.2) is 0 Å². The van der Waals surface area contributed by atoms with E-state index in [9.17, 15) is 18.0 Å². The van der Waals surface area contributed by atoms with Crippen LogP contribution in [-0.2, 0) is 32.6 Å². The van der Waals surface area contributed by atoms with E-state index in [1.807, 2.05) is 61.5 Å². The van der Waals surface area contributed by atoms with Gasteiger partial charge in [-0.2, -0.15) is 0 Å². The van der Waals surface area contributed by atoms with Gasteiger partial charge in [0.2, 0.25) is 21.8 Å². The number of anilines is 1. The maximum atomic E-state index is 14.0. The monoisotopic (exact) mass is 605 g/mol. The Morgan fingerprint density at radius 3 is 2.30 bits per heavy atom. The number of nitrogens with zero attached hydrogens (tertiary/aromatic N) is 2. The molecule has 3 aromatic carbocycles. The first-order valence-corrected chi connectivity index (χ1v) is 16.8. The summed E-state index contributed by atoms with van der Waals surface area (Å²) in [5, 5.41) is 3.23. The maximum Gasteiger partial charge on any atom is 0.243 e. The van der Waals surface area contributed by atoms with E-state index in [0.717, 1.165) is 48.6 Å². The topological polar surface area (TPSA) is 96.0 Å². The number of benzene rings is 3. The molecule has 0 bridgehead atoms. The number of hydrogen-bond donors (Lipinski definition) is 1. The predicted octanol–water partition coefficient (Wildman–Crippen LogP) is 5.25. The van der Waals surface area contributed by atoms with Crippen molar-refractivity contribution in [1.82, 2.24) is 10.2 Å². The lowest BCUT2D eigenvalue weighted by atomic mass is 10.0. The van der Waals surface area contributed by atoms with Crippen molar-refractivity contribution in [2.45, 2.75) is 70.5 Å². The molecule has 1 aliphatic carbocycles. The average molecular weight is 606 g/mol. The largest absolute Gasteiger partial charge is 0.495 e. The maximum absolute atomic E-state index is 14.0. The van der Waals surface area contributed by atoms with Gasteiger partial charge < -0.3 is 15.0 Å². The summed E-state index contributed by atoms with van der Waals surface area (Å²) in [5.74, 6) is 0.0906. The smallest absolute Gasteiger partial charge is 0.243 e. The molecule has 43 heavy (non-hydrogen) atoms. The molecule has 8 nitrogen and oxygen atoms in total. The molecule has 1 atom stereocenters. The van der Waals surface area contributed by atoms with E-state index in [-0.39, 0.29) is 43.8 Å². The fraction of sp³-hybridized carbons (Fsp3) is 0.412. The minimum absolute atomic E-state index is 0.0784. The van der Waals surface area contributed by atoms with Crippen molar-refractivity contribution in [2.24, 2.45) is 0 Å². The number of hydrogen-bond acceptors (Lipinski definition) is 5. The number of methoxy groups -OCH3 is 1. The lowest BCUT2D eigenvalue weighted by Crippen LogP contribution is -2.52. The van der Waals surface area contributed by atoms with E-state index >= 15 is 0 Å². The van der Waals surface area contributed by atoms with E-state index in [4.69, 9.17) is 4.74 Å². The van der Waals surface area contributed by atoms with Crippen molar-refractivity contribution in [3.8, 4) is 5.75 Å². The SMILES string of the molecule is COc1ccccc1N(CCCC(=O)N(Cc1cccc(C)c1)[C@@H](Cc1ccccc1)C(=O)NC1CCCC1)S(C)(=O)=O. The Bertz CT molecular complexity index is 1470. The predicted molar refractivity (Wildman–Crippen MR) is 170 cm³/mol. The van der Waals surface area contributed by atoms with E-state index < -0.39 is 16.1 Å². The van der Waals surface area contributed by atoms with Gasteiger partial charge in [-0.15, -0.1) is 0 Å². The molecule has 0 spiro atoms. The summed E-state index contributed by atoms with van der Waals surface area (Å²) >= 11 is 0. The van der Waals surface area contributed by atoms with Gasteiger partial charge in [-0.05, 0) is 49.4 Å². The number of carbonyl (C=O) groups excluding carboxylic acids is 2. The molecule has 3 aromatic rings. The van der Waals surface area contributed by atoms with Gasteiger partial charge in [-0.3, -0.25) is 13.9 Å². The number of rotatable bonds is 14. The van der Waals surface area contributed by atoms with Crippen LogP contribution in [0.2, 0.25) is 0 Å². The summed E-state index contributed by atoms with van der Waals surface area (Å²) in [6, 6.07) is 24.0. The minimum Gasteiger partial charge on any atom is -0.495 e. The van der Waals surface area contributed by atoms with Crippen molar-refractivity contribution >= 4 is 27.5 Å². The molecule has 0 saturated heterocycles. The number of aryl methyl sites for hydroxylation is 1. The second-order valence-electron chi connectivity index (χ2n) is 11.3. The first-order chi connectivity index (χ1) is 20.7. The molecule has 0 radical (unpaired) electrons. The van der Waals surface area contributed by atoms with E-state index in [1.165, 1.54) is 11.4 Å². The quantitative estimate of drug-likeness (QED) is 0.271. The Balaban J connectivity index is 1.60. The molecule has 230 valence electrons. The van der Waals surface area contributed by atoms with Crippen LogP contribution in [0.3, 0.4) is 0 Å². The van der Waals surface area contributed by atoms with Crippen molar-refractivity contribution in [2.75, 3.05) is 24.2 Å². The van der Waals surface area contributed by atoms with Gasteiger partial charge >= 0.3 is 0 Å². The first-order valence-electron chi connectivity index (χ1n) is 15.0. The highest BCUT2D eigenvalue weighted by Gasteiger charge is 2.32. The second kappa shape index (κ2) is 15.0. The molecule has 0 aliphatic heterocycles. The van der Waals surface area contributed by atoms with Gasteiger partial charge in [-0.1, -0.05) is 85.1 Å².